The van der Waals surface area contributed by atoms with Crippen LogP contribution in [0.2, 0.25) is 5.02 Å². The third-order valence-corrected chi connectivity index (χ3v) is 1.69. The molecule has 0 atom stereocenters. The first-order chi connectivity index (χ1) is 5.84. The van der Waals surface area contributed by atoms with Crippen molar-refractivity contribution in [2.24, 2.45) is 0 Å². The summed E-state index contributed by atoms with van der Waals surface area (Å²) in [7, 11) is 2.44. The molecule has 0 aliphatic carbocycles. The van der Waals surface area contributed by atoms with E-state index in [0.717, 1.165) is 17.0 Å². The molecule has 0 aliphatic rings. The van der Waals surface area contributed by atoms with Crippen molar-refractivity contribution in [3.05, 3.63) is 47.5 Å². The fraction of sp³-hybridized carbons (Fsp3) is 0.111. The Morgan fingerprint density at radius 2 is 1.92 bits per heavy atom. The van der Waals surface area contributed by atoms with Gasteiger partial charge in [-0.15, -0.1) is 6.58 Å². The molecular formula is C9H9Cl2Si. The van der Waals surface area contributed by atoms with Gasteiger partial charge in [0.1, 0.15) is 0 Å². The van der Waals surface area contributed by atoms with Crippen LogP contribution in [0.15, 0.2) is 36.9 Å². The maximum Gasteiger partial charge on any atom is 0.174 e. The lowest BCUT2D eigenvalue weighted by molar-refractivity contribution is 1.28. The van der Waals surface area contributed by atoms with Crippen LogP contribution in [0.3, 0.4) is 0 Å². The molecular weight excluding hydrogens is 207 g/mol. The minimum atomic E-state index is 0.822. The topological polar surface area (TPSA) is 0 Å². The van der Waals surface area contributed by atoms with Gasteiger partial charge in [-0.3, -0.25) is 0 Å². The third-order valence-electron chi connectivity index (χ3n) is 1.32. The second-order valence-electron chi connectivity index (χ2n) is 2.08. The average molecular weight is 216 g/mol. The zero-order valence-electron chi connectivity index (χ0n) is 6.56. The lowest BCUT2D eigenvalue weighted by Crippen LogP contribution is -1.79. The van der Waals surface area contributed by atoms with E-state index in [2.05, 4.69) is 27.2 Å². The van der Waals surface area contributed by atoms with Gasteiger partial charge in [0.05, 0.1) is 0 Å². The Balaban J connectivity index is 0.000000561. The summed E-state index contributed by atoms with van der Waals surface area (Å²) in [4.78, 5) is 0. The number of allylic oxidation sites excluding steroid dienone is 1. The van der Waals surface area contributed by atoms with Gasteiger partial charge in [0.2, 0.25) is 0 Å². The highest BCUT2D eigenvalue weighted by atomic mass is 35.6. The Hall–Kier alpha value is -0.243. The maximum atomic E-state index is 5.86. The highest BCUT2D eigenvalue weighted by Crippen LogP contribution is 2.14. The molecule has 0 bridgehead atoms. The second-order valence-corrected chi connectivity index (χ2v) is 2.49. The van der Waals surface area contributed by atoms with Crippen LogP contribution in [-0.2, 0) is 6.42 Å². The van der Waals surface area contributed by atoms with E-state index in [9.17, 15) is 0 Å². The number of hydrogen-bond acceptors (Lipinski definition) is 0. The fourth-order valence-electron chi connectivity index (χ4n) is 0.819. The highest BCUT2D eigenvalue weighted by molar-refractivity contribution is 6.80. The number of halogens is 2. The van der Waals surface area contributed by atoms with E-state index in [4.69, 9.17) is 11.6 Å². The first-order valence-corrected chi connectivity index (χ1v) is 5.27. The van der Waals surface area contributed by atoms with Gasteiger partial charge in [-0.25, -0.2) is 0 Å². The smallest absolute Gasteiger partial charge is 0.174 e. The van der Waals surface area contributed by atoms with Gasteiger partial charge in [-0.2, -0.15) is 11.1 Å². The Bertz CT molecular complexity index is 236. The third kappa shape index (κ3) is 3.95. The molecule has 0 saturated carbocycles. The summed E-state index contributed by atoms with van der Waals surface area (Å²) in [6.07, 6.45) is 2.70. The lowest BCUT2D eigenvalue weighted by atomic mass is 10.1. The van der Waals surface area contributed by atoms with Gasteiger partial charge < -0.3 is 0 Å². The molecule has 63 valence electrons. The van der Waals surface area contributed by atoms with Crippen LogP contribution in [0, 0.1) is 0 Å². The van der Waals surface area contributed by atoms with Crippen molar-refractivity contribution in [1.29, 1.82) is 0 Å². The summed E-state index contributed by atoms with van der Waals surface area (Å²) in [6, 6.07) is 7.80. The van der Waals surface area contributed by atoms with Gasteiger partial charge in [-0.1, -0.05) is 35.9 Å². The Morgan fingerprint density at radius 3 is 2.42 bits per heavy atom. The van der Waals surface area contributed by atoms with Crippen LogP contribution < -0.4 is 0 Å². The van der Waals surface area contributed by atoms with Crippen molar-refractivity contribution in [2.75, 3.05) is 0 Å². The largest absolute Gasteiger partial charge is 0.174 e. The van der Waals surface area contributed by atoms with Crippen molar-refractivity contribution in [1.82, 2.24) is 0 Å². The maximum absolute atomic E-state index is 5.86. The Labute approximate surface area is 86.3 Å². The van der Waals surface area contributed by atoms with Gasteiger partial charge >= 0.3 is 0 Å². The molecule has 0 unspecified atom stereocenters. The minimum Gasteiger partial charge on any atom is -0.174 e. The summed E-state index contributed by atoms with van der Waals surface area (Å²) in [5.41, 5.74) is 1.14. The van der Waals surface area contributed by atoms with Crippen molar-refractivity contribution >= 4 is 32.2 Å². The summed E-state index contributed by atoms with van der Waals surface area (Å²) in [6.45, 7) is 3.64. The van der Waals surface area contributed by atoms with E-state index in [1.165, 1.54) is 0 Å². The monoisotopic (exact) mass is 215 g/mol. The van der Waals surface area contributed by atoms with Gasteiger partial charge in [-0.05, 0) is 18.1 Å². The zero-order valence-corrected chi connectivity index (χ0v) is 9.07. The minimum absolute atomic E-state index is 0.822. The molecule has 1 rings (SSSR count). The van der Waals surface area contributed by atoms with E-state index in [1.54, 1.807) is 0 Å². The molecule has 3 radical (unpaired) electrons. The van der Waals surface area contributed by atoms with Gasteiger partial charge in [0.15, 0.2) is 9.55 Å². The predicted molar refractivity (Wildman–Crippen MR) is 57.0 cm³/mol. The molecule has 1 aromatic carbocycles. The molecule has 0 aliphatic heterocycles. The molecule has 0 saturated heterocycles. The molecule has 0 nitrogen and oxygen atoms in total. The van der Waals surface area contributed by atoms with Gasteiger partial charge in [0, 0.05) is 5.02 Å². The molecule has 0 heterocycles. The Morgan fingerprint density at radius 1 is 1.33 bits per heavy atom. The normalized spacial score (nSPS) is 8.25. The van der Waals surface area contributed by atoms with Crippen LogP contribution in [0.25, 0.3) is 0 Å². The Kier molecular flexibility index (Phi) is 7.26. The van der Waals surface area contributed by atoms with Gasteiger partial charge in [0.25, 0.3) is 0 Å². The summed E-state index contributed by atoms with van der Waals surface area (Å²) >= 11 is 10.3. The van der Waals surface area contributed by atoms with Crippen molar-refractivity contribution < 1.29 is 0 Å². The number of rotatable bonds is 2. The summed E-state index contributed by atoms with van der Waals surface area (Å²) < 4.78 is 0. The van der Waals surface area contributed by atoms with Crippen LogP contribution in [0.5, 0.6) is 0 Å². The molecule has 0 fully saturated rings. The standard InChI is InChI=1S/C9H9Cl.ClSi/c1-2-5-8-6-3-4-7-9(8)10;1-2/h2-4,6-7H,1,5H2;. The van der Waals surface area contributed by atoms with Crippen LogP contribution in [0.4, 0.5) is 0 Å². The van der Waals surface area contributed by atoms with E-state index >= 15 is 0 Å². The molecule has 3 heteroatoms. The van der Waals surface area contributed by atoms with Crippen LogP contribution in [-0.4, -0.2) is 9.55 Å². The van der Waals surface area contributed by atoms with E-state index < -0.39 is 0 Å². The SMILES string of the molecule is C=CCc1ccccc1Cl.[Si]Cl. The average Bonchev–Trinajstić information content (AvgIpc) is 2.13. The first kappa shape index (κ1) is 11.8. The lowest BCUT2D eigenvalue weighted by Gasteiger charge is -1.97. The predicted octanol–water partition coefficient (Wildman–Crippen LogP) is 3.38. The number of hydrogen-bond donors (Lipinski definition) is 0. The molecule has 1 aromatic rings. The molecule has 0 amide bonds. The van der Waals surface area contributed by atoms with Crippen LogP contribution >= 0.6 is 22.7 Å². The molecule has 0 N–H and O–H groups in total. The number of benzene rings is 1. The van der Waals surface area contributed by atoms with Crippen molar-refractivity contribution in [2.45, 2.75) is 6.42 Å². The van der Waals surface area contributed by atoms with Crippen molar-refractivity contribution in [3.8, 4) is 0 Å². The second kappa shape index (κ2) is 7.41. The van der Waals surface area contributed by atoms with E-state index in [-0.39, 0.29) is 0 Å². The molecule has 12 heavy (non-hydrogen) atoms. The molecule has 0 aromatic heterocycles. The highest BCUT2D eigenvalue weighted by Gasteiger charge is 1.93. The summed E-state index contributed by atoms with van der Waals surface area (Å²) in [5.74, 6) is 0. The van der Waals surface area contributed by atoms with Crippen LogP contribution in [0.1, 0.15) is 5.56 Å². The van der Waals surface area contributed by atoms with E-state index in [0.29, 0.717) is 0 Å². The quantitative estimate of drug-likeness (QED) is 0.404. The first-order valence-electron chi connectivity index (χ1n) is 3.38. The summed E-state index contributed by atoms with van der Waals surface area (Å²) in [5, 5.41) is 0.822. The van der Waals surface area contributed by atoms with E-state index in [1.807, 2.05) is 30.3 Å². The van der Waals surface area contributed by atoms with Crippen molar-refractivity contribution in [3.63, 3.8) is 0 Å². The zero-order chi connectivity index (χ0) is 9.40. The fourth-order valence-corrected chi connectivity index (χ4v) is 1.03. The molecule has 0 spiro atoms.